The van der Waals surface area contributed by atoms with Crippen LogP contribution < -0.4 is 36.6 Å². The third-order valence-electron chi connectivity index (χ3n) is 11.1. The van der Waals surface area contributed by atoms with Gasteiger partial charge in [0.25, 0.3) is 38.0 Å². The molecule has 1 aliphatic rings. The predicted octanol–water partition coefficient (Wildman–Crippen LogP) is 2.66. The summed E-state index contributed by atoms with van der Waals surface area (Å²) in [6.07, 6.45) is 3.87. The summed E-state index contributed by atoms with van der Waals surface area (Å²) >= 11 is 0.413. The van der Waals surface area contributed by atoms with Gasteiger partial charge >= 0.3 is 0 Å². The normalized spacial score (nSPS) is 15.2. The number of anilines is 1. The molecule has 0 bridgehead atoms. The molecule has 1 aliphatic carbocycles. The van der Waals surface area contributed by atoms with Crippen molar-refractivity contribution in [1.29, 1.82) is 0 Å². The molecule has 1 fully saturated rings. The molecule has 376 valence electrons. The van der Waals surface area contributed by atoms with Crippen LogP contribution in [0.4, 0.5) is 13.9 Å². The number of ketones is 1. The Bertz CT molecular complexity index is 2420. The predicted molar refractivity (Wildman–Crippen MR) is 247 cm³/mol. The van der Waals surface area contributed by atoms with E-state index in [9.17, 15) is 55.6 Å². The molecular weight excluding hydrogens is 945 g/mol. The number of Topliss-reactive ketones (excluding diaryl/α,β-unsaturated/α-hetero) is 1. The minimum atomic E-state index is -4.72. The molecule has 2 heterocycles. The Morgan fingerprint density at radius 2 is 1.43 bits per heavy atom. The van der Waals surface area contributed by atoms with E-state index >= 15 is 0 Å². The van der Waals surface area contributed by atoms with Crippen LogP contribution in [0.25, 0.3) is 0 Å². The van der Waals surface area contributed by atoms with Gasteiger partial charge in [-0.2, -0.15) is 8.42 Å². The molecule has 69 heavy (non-hydrogen) atoms. The Kier molecular flexibility index (Phi) is 20.7. The second-order valence-electron chi connectivity index (χ2n) is 17.4. The summed E-state index contributed by atoms with van der Waals surface area (Å²) < 4.78 is 54.5. The number of amides is 7. The summed E-state index contributed by atoms with van der Waals surface area (Å²) in [4.78, 5) is 114. The second kappa shape index (κ2) is 25.8. The van der Waals surface area contributed by atoms with Gasteiger partial charge in [-0.1, -0.05) is 94.7 Å². The number of hydrogen-bond donors (Lipinski definition) is 7. The van der Waals surface area contributed by atoms with Gasteiger partial charge in [-0.3, -0.25) is 48.7 Å². The van der Waals surface area contributed by atoms with Crippen LogP contribution in [0.1, 0.15) is 117 Å². The number of nitrogens with zero attached hydrogens (tertiary/aromatic N) is 4. The zero-order valence-electron chi connectivity index (χ0n) is 39.1. The van der Waals surface area contributed by atoms with Crippen molar-refractivity contribution in [1.82, 2.24) is 51.5 Å². The molecule has 7 N–H and O–H groups in total. The maximum absolute atomic E-state index is 14.1. The Balaban J connectivity index is 1.44. The third-order valence-corrected chi connectivity index (χ3v) is 13.7. The van der Waals surface area contributed by atoms with Crippen LogP contribution in [0.3, 0.4) is 0 Å². The van der Waals surface area contributed by atoms with E-state index in [1.54, 1.807) is 44.5 Å². The van der Waals surface area contributed by atoms with E-state index in [0.717, 1.165) is 30.4 Å². The van der Waals surface area contributed by atoms with Crippen LogP contribution in [0.5, 0.6) is 0 Å². The van der Waals surface area contributed by atoms with Gasteiger partial charge < -0.3 is 26.6 Å². The summed E-state index contributed by atoms with van der Waals surface area (Å²) in [6.45, 7) is 9.55. The number of halogens is 2. The number of hydrogen-bond acceptors (Lipinski definition) is 15. The van der Waals surface area contributed by atoms with Gasteiger partial charge in [-0.05, 0) is 56.6 Å². The number of carbonyl (C=O) groups excluding carboxylic acids is 8. The highest BCUT2D eigenvalue weighted by atomic mass is 32.2. The van der Waals surface area contributed by atoms with Crippen LogP contribution in [-0.2, 0) is 38.8 Å². The summed E-state index contributed by atoms with van der Waals surface area (Å²) in [5, 5.41) is 21.4. The Labute approximate surface area is 402 Å². The van der Waals surface area contributed by atoms with Gasteiger partial charge in [0, 0.05) is 24.4 Å². The van der Waals surface area contributed by atoms with Crippen molar-refractivity contribution < 1.29 is 55.6 Å². The number of sulfonamides is 1. The summed E-state index contributed by atoms with van der Waals surface area (Å²) in [7, 11) is -4.72. The van der Waals surface area contributed by atoms with E-state index in [4.69, 9.17) is 0 Å². The van der Waals surface area contributed by atoms with Crippen molar-refractivity contribution in [2.24, 2.45) is 17.8 Å². The third kappa shape index (κ3) is 17.3. The number of aryl methyl sites for hydroxylation is 2. The fourth-order valence-electron chi connectivity index (χ4n) is 7.52. The minimum Gasteiger partial charge on any atom is -0.344 e. The number of alkyl halides is 2. The number of carbonyl (C=O) groups is 8. The lowest BCUT2D eigenvalue weighted by atomic mass is 9.84. The number of aromatic nitrogens is 4. The van der Waals surface area contributed by atoms with Crippen LogP contribution in [-0.4, -0.2) is 113 Å². The average molecular weight is 1000 g/mol. The molecule has 0 aliphatic heterocycles. The van der Waals surface area contributed by atoms with Crippen molar-refractivity contribution in [3.63, 3.8) is 0 Å². The van der Waals surface area contributed by atoms with Crippen molar-refractivity contribution in [2.75, 3.05) is 11.9 Å². The van der Waals surface area contributed by atoms with Crippen LogP contribution >= 0.6 is 11.3 Å². The molecule has 0 saturated heterocycles. The standard InChI is InChI=1S/C44H59F2N11O10S2/c1-7-26(6)35(53-39(62)30(15-23(2)3)51-40(63)32-21-47-13-14-48-32)41(64)52-31(19-27-11-9-8-10-12-27)38(61)50-29(20-33(45)46)36(59)42(65)49-22-34(58)57-69(66,67)44-56-55-43(68-44)54-37(60)28-17-24(4)16-25(5)18-28/h13-14,16-18,21,23,26-27,29-31,33,35H,7-12,15,19-20,22H2,1-6H3,(H,49,65)(H,50,61)(H,51,63)(H,52,64)(H,53,62)(H,57,58)(H,54,55,60). The first-order valence-electron chi connectivity index (χ1n) is 22.4. The average Bonchev–Trinajstić information content (AvgIpc) is 3.78. The van der Waals surface area contributed by atoms with Gasteiger partial charge in [-0.15, -0.1) is 10.2 Å². The molecule has 5 unspecified atom stereocenters. The number of nitrogens with one attached hydrogen (secondary N) is 7. The maximum Gasteiger partial charge on any atom is 0.293 e. The van der Waals surface area contributed by atoms with E-state index in [2.05, 4.69) is 46.7 Å². The highest BCUT2D eigenvalue weighted by molar-refractivity contribution is 7.92. The van der Waals surface area contributed by atoms with Crippen LogP contribution in [0.2, 0.25) is 0 Å². The molecule has 2 aromatic heterocycles. The smallest absolute Gasteiger partial charge is 0.293 e. The molecule has 1 aromatic carbocycles. The van der Waals surface area contributed by atoms with E-state index in [1.165, 1.54) is 18.6 Å². The van der Waals surface area contributed by atoms with Crippen molar-refractivity contribution in [3.05, 3.63) is 59.2 Å². The Hall–Kier alpha value is -6.37. The second-order valence-corrected chi connectivity index (χ2v) is 20.2. The lowest BCUT2D eigenvalue weighted by molar-refractivity contribution is -0.141. The maximum atomic E-state index is 14.1. The van der Waals surface area contributed by atoms with Gasteiger partial charge in [0.1, 0.15) is 29.9 Å². The topological polar surface area (TPSA) is 306 Å². The first-order chi connectivity index (χ1) is 32.6. The molecule has 7 amide bonds. The van der Waals surface area contributed by atoms with Gasteiger partial charge in [-0.25, -0.2) is 18.5 Å². The quantitative estimate of drug-likeness (QED) is 0.0502. The van der Waals surface area contributed by atoms with Crippen molar-refractivity contribution in [3.8, 4) is 0 Å². The van der Waals surface area contributed by atoms with Crippen molar-refractivity contribution in [2.45, 2.75) is 134 Å². The minimum absolute atomic E-state index is 0.0220. The molecule has 1 saturated carbocycles. The molecule has 5 atom stereocenters. The number of benzene rings is 1. The molecule has 3 aromatic rings. The lowest BCUT2D eigenvalue weighted by Crippen LogP contribution is -2.60. The van der Waals surface area contributed by atoms with Gasteiger partial charge in [0.05, 0.1) is 12.7 Å². The van der Waals surface area contributed by atoms with Crippen molar-refractivity contribution >= 4 is 73.6 Å². The van der Waals surface area contributed by atoms with E-state index in [-0.39, 0.29) is 41.1 Å². The molecule has 4 rings (SSSR count). The molecular formula is C44H59F2N11O10S2. The molecule has 0 spiro atoms. The zero-order chi connectivity index (χ0) is 51.0. The van der Waals surface area contributed by atoms with E-state index in [0.29, 0.717) is 30.6 Å². The van der Waals surface area contributed by atoms with Gasteiger partial charge in [0.2, 0.25) is 35.1 Å². The SMILES string of the molecule is CCC(C)C(NC(=O)C(CC(C)C)NC(=O)c1cnccn1)C(=O)NC(CC1CCCCC1)C(=O)NC(CC(F)F)C(=O)C(=O)NCC(=O)NS(=O)(=O)c1nnc(NC(=O)c2cc(C)cc(C)c2)s1. The molecule has 0 radical (unpaired) electrons. The monoisotopic (exact) mass is 1000 g/mol. The first kappa shape index (κ1) is 55.2. The van der Waals surface area contributed by atoms with Crippen LogP contribution in [0, 0.1) is 31.6 Å². The molecule has 25 heteroatoms. The molecule has 21 nitrogen and oxygen atoms in total. The summed E-state index contributed by atoms with van der Waals surface area (Å²) in [6, 6.07) is -0.898. The first-order valence-corrected chi connectivity index (χ1v) is 24.7. The van der Waals surface area contributed by atoms with Crippen LogP contribution in [0.15, 0.2) is 41.1 Å². The van der Waals surface area contributed by atoms with E-state index < -0.39 is 111 Å². The summed E-state index contributed by atoms with van der Waals surface area (Å²) in [5.41, 5.74) is 1.85. The fraction of sp³-hybridized carbons (Fsp3) is 0.545. The fourth-order valence-corrected chi connectivity index (χ4v) is 9.40. The number of rotatable bonds is 24. The Morgan fingerprint density at radius 1 is 0.783 bits per heavy atom. The van der Waals surface area contributed by atoms with Gasteiger partial charge in [0.15, 0.2) is 0 Å². The van der Waals surface area contributed by atoms with E-state index in [1.807, 2.05) is 25.2 Å². The zero-order valence-corrected chi connectivity index (χ0v) is 40.7. The highest BCUT2D eigenvalue weighted by Crippen LogP contribution is 2.28. The highest BCUT2D eigenvalue weighted by Gasteiger charge is 2.37. The largest absolute Gasteiger partial charge is 0.344 e. The summed E-state index contributed by atoms with van der Waals surface area (Å²) in [5.74, 6) is -9.15. The Morgan fingerprint density at radius 3 is 2.04 bits per heavy atom. The lowest BCUT2D eigenvalue weighted by Gasteiger charge is -2.31.